The molecule has 0 radical (unpaired) electrons. The number of carbonyl (C=O) groups is 1. The Morgan fingerprint density at radius 3 is 2.89 bits per heavy atom. The highest BCUT2D eigenvalue weighted by Gasteiger charge is 2.30. The molecule has 1 amide bonds. The highest BCUT2D eigenvalue weighted by Crippen LogP contribution is 2.32. The van der Waals surface area contributed by atoms with E-state index in [1.54, 1.807) is 11.0 Å². The molecule has 1 aliphatic heterocycles. The maximum Gasteiger partial charge on any atom is 0.228 e. The standard InChI is InChI=1S/C13H10BrClN2O/c14-8-5-13(18)17(7-8)11-6-12(15)16-10-4-2-1-3-9(10)11/h1-4,6,8H,5,7H2. The molecule has 1 saturated heterocycles. The largest absolute Gasteiger partial charge is 0.310 e. The number of para-hydroxylation sites is 1. The molecule has 1 fully saturated rings. The molecule has 1 aromatic carbocycles. The van der Waals surface area contributed by atoms with Crippen molar-refractivity contribution in [2.45, 2.75) is 11.2 Å². The third kappa shape index (κ3) is 1.99. The third-order valence-corrected chi connectivity index (χ3v) is 3.84. The molecule has 1 aromatic heterocycles. The van der Waals surface area contributed by atoms with Crippen molar-refractivity contribution in [3.63, 3.8) is 0 Å². The van der Waals surface area contributed by atoms with Gasteiger partial charge >= 0.3 is 0 Å². The molecule has 0 spiro atoms. The number of nitrogens with zero attached hydrogens (tertiary/aromatic N) is 2. The van der Waals surface area contributed by atoms with E-state index in [1.165, 1.54) is 0 Å². The third-order valence-electron chi connectivity index (χ3n) is 3.03. The van der Waals surface area contributed by atoms with E-state index in [0.717, 1.165) is 16.6 Å². The molecule has 1 aliphatic rings. The Balaban J connectivity index is 2.19. The number of hydrogen-bond donors (Lipinski definition) is 0. The molecule has 92 valence electrons. The first-order valence-electron chi connectivity index (χ1n) is 5.65. The van der Waals surface area contributed by atoms with Crippen LogP contribution >= 0.6 is 27.5 Å². The van der Waals surface area contributed by atoms with Crippen molar-refractivity contribution >= 4 is 50.0 Å². The number of alkyl halides is 1. The molecule has 0 aliphatic carbocycles. The van der Waals surface area contributed by atoms with Crippen LogP contribution in [0.15, 0.2) is 30.3 Å². The number of benzene rings is 1. The van der Waals surface area contributed by atoms with Gasteiger partial charge in [-0.2, -0.15) is 0 Å². The van der Waals surface area contributed by atoms with Crippen molar-refractivity contribution in [2.75, 3.05) is 11.4 Å². The van der Waals surface area contributed by atoms with E-state index in [0.29, 0.717) is 18.1 Å². The zero-order valence-corrected chi connectivity index (χ0v) is 11.8. The maximum atomic E-state index is 12.0. The second kappa shape index (κ2) is 4.52. The molecule has 18 heavy (non-hydrogen) atoms. The summed E-state index contributed by atoms with van der Waals surface area (Å²) in [5, 5.41) is 1.37. The van der Waals surface area contributed by atoms with Crippen LogP contribution in [0.5, 0.6) is 0 Å². The number of carbonyl (C=O) groups excluding carboxylic acids is 1. The monoisotopic (exact) mass is 324 g/mol. The van der Waals surface area contributed by atoms with Crippen LogP contribution in [0.1, 0.15) is 6.42 Å². The fourth-order valence-electron chi connectivity index (χ4n) is 2.25. The van der Waals surface area contributed by atoms with Gasteiger partial charge in [0.2, 0.25) is 5.91 Å². The quantitative estimate of drug-likeness (QED) is 0.595. The van der Waals surface area contributed by atoms with Gasteiger partial charge in [0.05, 0.1) is 11.2 Å². The molecular formula is C13H10BrClN2O. The zero-order valence-electron chi connectivity index (χ0n) is 9.44. The second-order valence-corrected chi connectivity index (χ2v) is 5.97. The molecule has 3 rings (SSSR count). The molecule has 1 atom stereocenters. The number of fused-ring (bicyclic) bond motifs is 1. The minimum atomic E-state index is 0.115. The minimum absolute atomic E-state index is 0.115. The lowest BCUT2D eigenvalue weighted by molar-refractivity contribution is -0.117. The first-order chi connectivity index (χ1) is 8.65. The number of amides is 1. The predicted molar refractivity (Wildman–Crippen MR) is 76.4 cm³/mol. The van der Waals surface area contributed by atoms with Crippen LogP contribution in [-0.4, -0.2) is 22.3 Å². The molecule has 5 heteroatoms. The second-order valence-electron chi connectivity index (χ2n) is 4.29. The number of anilines is 1. The van der Waals surface area contributed by atoms with Gasteiger partial charge in [-0.25, -0.2) is 4.98 Å². The van der Waals surface area contributed by atoms with Crippen molar-refractivity contribution in [1.82, 2.24) is 4.98 Å². The van der Waals surface area contributed by atoms with Crippen LogP contribution in [0.3, 0.4) is 0 Å². The van der Waals surface area contributed by atoms with Crippen LogP contribution in [0, 0.1) is 0 Å². The lowest BCUT2D eigenvalue weighted by atomic mass is 10.2. The van der Waals surface area contributed by atoms with Gasteiger partial charge < -0.3 is 4.90 Å². The van der Waals surface area contributed by atoms with E-state index in [4.69, 9.17) is 11.6 Å². The number of halogens is 2. The van der Waals surface area contributed by atoms with Crippen molar-refractivity contribution in [2.24, 2.45) is 0 Å². The lowest BCUT2D eigenvalue weighted by Gasteiger charge is -2.18. The van der Waals surface area contributed by atoms with Gasteiger partial charge in [-0.3, -0.25) is 4.79 Å². The minimum Gasteiger partial charge on any atom is -0.310 e. The van der Waals surface area contributed by atoms with Gasteiger partial charge in [0.1, 0.15) is 5.15 Å². The van der Waals surface area contributed by atoms with Gasteiger partial charge in [0.25, 0.3) is 0 Å². The van der Waals surface area contributed by atoms with E-state index in [1.807, 2.05) is 24.3 Å². The SMILES string of the molecule is O=C1CC(Br)CN1c1cc(Cl)nc2ccccc12. The van der Waals surface area contributed by atoms with Gasteiger partial charge in [0.15, 0.2) is 0 Å². The van der Waals surface area contributed by atoms with Gasteiger partial charge in [-0.15, -0.1) is 0 Å². The highest BCUT2D eigenvalue weighted by atomic mass is 79.9. The molecular weight excluding hydrogens is 316 g/mol. The molecule has 0 N–H and O–H groups in total. The number of aromatic nitrogens is 1. The van der Waals surface area contributed by atoms with E-state index in [2.05, 4.69) is 20.9 Å². The maximum absolute atomic E-state index is 12.0. The van der Waals surface area contributed by atoms with Crippen molar-refractivity contribution in [3.05, 3.63) is 35.5 Å². The normalized spacial score (nSPS) is 19.8. The summed E-state index contributed by atoms with van der Waals surface area (Å²) in [6.07, 6.45) is 0.522. The van der Waals surface area contributed by atoms with E-state index in [9.17, 15) is 4.79 Å². The van der Waals surface area contributed by atoms with Crippen LogP contribution < -0.4 is 4.90 Å². The summed E-state index contributed by atoms with van der Waals surface area (Å²) < 4.78 is 0. The number of pyridine rings is 1. The molecule has 2 heterocycles. The Labute approximate surface area is 118 Å². The van der Waals surface area contributed by atoms with Crippen LogP contribution in [-0.2, 0) is 4.79 Å². The summed E-state index contributed by atoms with van der Waals surface area (Å²) in [6.45, 7) is 0.670. The summed E-state index contributed by atoms with van der Waals surface area (Å²) in [7, 11) is 0. The predicted octanol–water partition coefficient (Wildman–Crippen LogP) is 3.39. The van der Waals surface area contributed by atoms with Crippen LogP contribution in [0.2, 0.25) is 5.15 Å². The summed E-state index contributed by atoms with van der Waals surface area (Å²) in [5.41, 5.74) is 1.66. The topological polar surface area (TPSA) is 33.2 Å². The average molecular weight is 326 g/mol. The Kier molecular flexibility index (Phi) is 2.99. The van der Waals surface area contributed by atoms with Gasteiger partial charge in [0, 0.05) is 23.2 Å². The molecule has 0 bridgehead atoms. The lowest BCUT2D eigenvalue weighted by Crippen LogP contribution is -2.24. The highest BCUT2D eigenvalue weighted by molar-refractivity contribution is 9.09. The first-order valence-corrected chi connectivity index (χ1v) is 6.94. The first kappa shape index (κ1) is 11.9. The Morgan fingerprint density at radius 1 is 1.39 bits per heavy atom. The Morgan fingerprint density at radius 2 is 2.17 bits per heavy atom. The molecule has 2 aromatic rings. The Hall–Kier alpha value is -1.13. The summed E-state index contributed by atoms with van der Waals surface area (Å²) >= 11 is 9.51. The van der Waals surface area contributed by atoms with E-state index < -0.39 is 0 Å². The van der Waals surface area contributed by atoms with E-state index in [-0.39, 0.29) is 10.7 Å². The molecule has 0 saturated carbocycles. The van der Waals surface area contributed by atoms with E-state index >= 15 is 0 Å². The molecule has 3 nitrogen and oxygen atoms in total. The Bertz CT molecular complexity index is 631. The smallest absolute Gasteiger partial charge is 0.228 e. The van der Waals surface area contributed by atoms with Crippen molar-refractivity contribution < 1.29 is 4.79 Å². The fraction of sp³-hybridized carbons (Fsp3) is 0.231. The summed E-state index contributed by atoms with van der Waals surface area (Å²) in [4.78, 5) is 18.2. The summed E-state index contributed by atoms with van der Waals surface area (Å²) in [6, 6.07) is 9.47. The zero-order chi connectivity index (χ0) is 12.7. The van der Waals surface area contributed by atoms with Crippen molar-refractivity contribution in [1.29, 1.82) is 0 Å². The fourth-order valence-corrected chi connectivity index (χ4v) is 3.01. The average Bonchev–Trinajstić information content (AvgIpc) is 2.67. The van der Waals surface area contributed by atoms with Crippen molar-refractivity contribution in [3.8, 4) is 0 Å². The van der Waals surface area contributed by atoms with Crippen LogP contribution in [0.4, 0.5) is 5.69 Å². The van der Waals surface area contributed by atoms with Crippen LogP contribution in [0.25, 0.3) is 10.9 Å². The number of rotatable bonds is 1. The summed E-state index contributed by atoms with van der Waals surface area (Å²) in [5.74, 6) is 0.115. The molecule has 1 unspecified atom stereocenters. The number of hydrogen-bond acceptors (Lipinski definition) is 2. The van der Waals surface area contributed by atoms with Gasteiger partial charge in [-0.1, -0.05) is 45.7 Å². The van der Waals surface area contributed by atoms with Gasteiger partial charge in [-0.05, 0) is 12.1 Å².